The third-order valence-corrected chi connectivity index (χ3v) is 3.25. The van der Waals surface area contributed by atoms with Crippen LogP contribution >= 0.6 is 15.9 Å². The van der Waals surface area contributed by atoms with Crippen LogP contribution in [0, 0.1) is 0 Å². The van der Waals surface area contributed by atoms with Crippen LogP contribution in [0.25, 0.3) is 0 Å². The number of rotatable bonds is 6. The number of aromatic nitrogens is 1. The molecule has 0 fully saturated rings. The molecule has 0 saturated heterocycles. The fraction of sp³-hybridized carbons (Fsp3) is 0.643. The van der Waals surface area contributed by atoms with Crippen molar-refractivity contribution >= 4 is 21.8 Å². The molecule has 4 nitrogen and oxygen atoms in total. The summed E-state index contributed by atoms with van der Waals surface area (Å²) in [6.07, 6.45) is 2.13. The number of halogens is 1. The third-order valence-electron chi connectivity index (χ3n) is 2.82. The van der Waals surface area contributed by atoms with Gasteiger partial charge in [-0.15, -0.1) is 0 Å². The van der Waals surface area contributed by atoms with Crippen LogP contribution in [0.1, 0.15) is 44.2 Å². The molecule has 0 unspecified atom stereocenters. The van der Waals surface area contributed by atoms with Crippen molar-refractivity contribution in [2.24, 2.45) is 0 Å². The van der Waals surface area contributed by atoms with Gasteiger partial charge in [-0.1, -0.05) is 0 Å². The zero-order chi connectivity index (χ0) is 14.6. The smallest absolute Gasteiger partial charge is 0.270 e. The average Bonchev–Trinajstić information content (AvgIpc) is 2.69. The van der Waals surface area contributed by atoms with E-state index in [9.17, 15) is 4.79 Å². The Balaban J connectivity index is 2.71. The lowest BCUT2D eigenvalue weighted by atomic mass is 10.3. The Bertz CT molecular complexity index is 427. The van der Waals surface area contributed by atoms with E-state index in [-0.39, 0.29) is 18.1 Å². The molecule has 0 spiro atoms. The second-order valence-corrected chi connectivity index (χ2v) is 6.11. The Hall–Kier alpha value is -0.810. The second kappa shape index (κ2) is 7.10. The van der Waals surface area contributed by atoms with Gasteiger partial charge in [0.2, 0.25) is 0 Å². The first kappa shape index (κ1) is 16.2. The van der Waals surface area contributed by atoms with Crippen LogP contribution < -0.4 is 0 Å². The van der Waals surface area contributed by atoms with Crippen molar-refractivity contribution in [2.45, 2.75) is 39.8 Å². The molecule has 0 aliphatic heterocycles. The molecule has 108 valence electrons. The van der Waals surface area contributed by atoms with Gasteiger partial charge in [0.1, 0.15) is 5.69 Å². The molecule has 0 radical (unpaired) electrons. The Morgan fingerprint density at radius 3 is 2.58 bits per heavy atom. The molecule has 0 aliphatic carbocycles. The minimum Gasteiger partial charge on any atom is -0.377 e. The van der Waals surface area contributed by atoms with Crippen LogP contribution in [0.3, 0.4) is 0 Å². The van der Waals surface area contributed by atoms with Gasteiger partial charge in [0.15, 0.2) is 0 Å². The van der Waals surface area contributed by atoms with Gasteiger partial charge in [-0.3, -0.25) is 4.79 Å². The summed E-state index contributed by atoms with van der Waals surface area (Å²) in [5.41, 5.74) is 0.703. The molecule has 5 heteroatoms. The minimum atomic E-state index is 0.0201. The lowest BCUT2D eigenvalue weighted by Crippen LogP contribution is -2.32. The highest BCUT2D eigenvalue weighted by Crippen LogP contribution is 2.20. The quantitative estimate of drug-likeness (QED) is 0.801. The van der Waals surface area contributed by atoms with E-state index in [1.54, 1.807) is 11.9 Å². The maximum absolute atomic E-state index is 12.4. The van der Waals surface area contributed by atoms with Crippen molar-refractivity contribution in [2.75, 3.05) is 20.2 Å². The average molecular weight is 331 g/mol. The maximum Gasteiger partial charge on any atom is 0.270 e. The number of carbonyl (C=O) groups is 1. The van der Waals surface area contributed by atoms with E-state index in [4.69, 9.17) is 4.74 Å². The van der Waals surface area contributed by atoms with Gasteiger partial charge in [-0.25, -0.2) is 0 Å². The molecule has 0 saturated carbocycles. The molecule has 1 heterocycles. The van der Waals surface area contributed by atoms with Crippen LogP contribution in [-0.4, -0.2) is 41.7 Å². The highest BCUT2D eigenvalue weighted by molar-refractivity contribution is 9.10. The zero-order valence-electron chi connectivity index (χ0n) is 12.3. The van der Waals surface area contributed by atoms with E-state index >= 15 is 0 Å². The van der Waals surface area contributed by atoms with E-state index in [0.29, 0.717) is 18.8 Å². The Labute approximate surface area is 123 Å². The first-order chi connectivity index (χ1) is 8.82. The van der Waals surface area contributed by atoms with E-state index in [0.717, 1.165) is 4.47 Å². The summed E-state index contributed by atoms with van der Waals surface area (Å²) < 4.78 is 8.38. The predicted octanol–water partition coefficient (Wildman–Crippen LogP) is 3.33. The summed E-state index contributed by atoms with van der Waals surface area (Å²) in [6.45, 7) is 9.25. The van der Waals surface area contributed by atoms with E-state index < -0.39 is 0 Å². The van der Waals surface area contributed by atoms with Crippen molar-refractivity contribution in [1.29, 1.82) is 0 Å². The van der Waals surface area contributed by atoms with Gasteiger partial charge >= 0.3 is 0 Å². The van der Waals surface area contributed by atoms with Gasteiger partial charge < -0.3 is 14.2 Å². The summed E-state index contributed by atoms with van der Waals surface area (Å²) in [5.74, 6) is 0.0201. The Morgan fingerprint density at radius 2 is 2.05 bits per heavy atom. The molecule has 0 bridgehead atoms. The maximum atomic E-state index is 12.4. The van der Waals surface area contributed by atoms with Crippen LogP contribution in [0.15, 0.2) is 16.7 Å². The first-order valence-electron chi connectivity index (χ1n) is 6.57. The summed E-state index contributed by atoms with van der Waals surface area (Å²) >= 11 is 3.42. The fourth-order valence-corrected chi connectivity index (χ4v) is 2.20. The van der Waals surface area contributed by atoms with Gasteiger partial charge in [-0.05, 0) is 49.7 Å². The number of hydrogen-bond acceptors (Lipinski definition) is 2. The van der Waals surface area contributed by atoms with Crippen LogP contribution in [0.2, 0.25) is 0 Å². The van der Waals surface area contributed by atoms with Crippen molar-refractivity contribution < 1.29 is 9.53 Å². The van der Waals surface area contributed by atoms with Crippen LogP contribution in [0.5, 0.6) is 0 Å². The number of nitrogens with zero attached hydrogens (tertiary/aromatic N) is 2. The molecule has 0 aliphatic rings. The zero-order valence-corrected chi connectivity index (χ0v) is 13.9. The molecule has 1 aromatic heterocycles. The van der Waals surface area contributed by atoms with E-state index in [1.807, 2.05) is 30.7 Å². The summed E-state index contributed by atoms with van der Waals surface area (Å²) in [4.78, 5) is 14.1. The summed E-state index contributed by atoms with van der Waals surface area (Å²) in [7, 11) is 1.80. The number of amides is 1. The normalized spacial score (nSPS) is 11.4. The van der Waals surface area contributed by atoms with Gasteiger partial charge in [0, 0.05) is 30.3 Å². The molecule has 19 heavy (non-hydrogen) atoms. The second-order valence-electron chi connectivity index (χ2n) is 5.19. The Morgan fingerprint density at radius 1 is 1.42 bits per heavy atom. The van der Waals surface area contributed by atoms with Crippen LogP contribution in [-0.2, 0) is 4.74 Å². The minimum absolute atomic E-state index is 0.0201. The highest BCUT2D eigenvalue weighted by atomic mass is 79.9. The molecule has 0 atom stereocenters. The third kappa shape index (κ3) is 4.66. The standard InChI is InChI=1S/C14H23BrN2O2/c1-10(2)17-9-12(15)8-13(17)14(18)16(5)6-7-19-11(3)4/h8-11H,6-7H2,1-5H3. The molecule has 1 aromatic rings. The van der Waals surface area contributed by atoms with Crippen molar-refractivity contribution in [3.05, 3.63) is 22.4 Å². The lowest BCUT2D eigenvalue weighted by molar-refractivity contribution is 0.0525. The van der Waals surface area contributed by atoms with Gasteiger partial charge in [0.05, 0.1) is 12.7 Å². The molecule has 1 rings (SSSR count). The number of ether oxygens (including phenoxy) is 1. The molecule has 0 N–H and O–H groups in total. The molecular formula is C14H23BrN2O2. The van der Waals surface area contributed by atoms with Crippen LogP contribution in [0.4, 0.5) is 0 Å². The Kier molecular flexibility index (Phi) is 6.07. The number of hydrogen-bond donors (Lipinski definition) is 0. The first-order valence-corrected chi connectivity index (χ1v) is 7.36. The van der Waals surface area contributed by atoms with Crippen molar-refractivity contribution in [3.63, 3.8) is 0 Å². The van der Waals surface area contributed by atoms with Gasteiger partial charge in [0.25, 0.3) is 5.91 Å². The highest BCUT2D eigenvalue weighted by Gasteiger charge is 2.18. The van der Waals surface area contributed by atoms with E-state index in [2.05, 4.69) is 29.8 Å². The van der Waals surface area contributed by atoms with Gasteiger partial charge in [-0.2, -0.15) is 0 Å². The topological polar surface area (TPSA) is 34.5 Å². The largest absolute Gasteiger partial charge is 0.377 e. The summed E-state index contributed by atoms with van der Waals surface area (Å²) in [5, 5.41) is 0. The number of likely N-dealkylation sites (N-methyl/N-ethyl adjacent to an activating group) is 1. The monoisotopic (exact) mass is 330 g/mol. The molecule has 0 aromatic carbocycles. The van der Waals surface area contributed by atoms with Crippen molar-refractivity contribution in [3.8, 4) is 0 Å². The lowest BCUT2D eigenvalue weighted by Gasteiger charge is -2.20. The number of carbonyl (C=O) groups excluding carboxylic acids is 1. The SMILES string of the molecule is CC(C)OCCN(C)C(=O)c1cc(Br)cn1C(C)C. The van der Waals surface area contributed by atoms with Crippen molar-refractivity contribution in [1.82, 2.24) is 9.47 Å². The molecule has 1 amide bonds. The summed E-state index contributed by atoms with van der Waals surface area (Å²) in [6, 6.07) is 2.12. The fourth-order valence-electron chi connectivity index (χ4n) is 1.77. The predicted molar refractivity (Wildman–Crippen MR) is 80.6 cm³/mol. The molecular weight excluding hydrogens is 308 g/mol. The van der Waals surface area contributed by atoms with E-state index in [1.165, 1.54) is 0 Å².